The van der Waals surface area contributed by atoms with Crippen LogP contribution in [0.4, 0.5) is 27.7 Å². The number of aliphatic hydroxyl groups is 1. The highest BCUT2D eigenvalue weighted by Crippen LogP contribution is 2.33. The van der Waals surface area contributed by atoms with E-state index in [0.717, 1.165) is 31.6 Å². The van der Waals surface area contributed by atoms with Gasteiger partial charge in [0.1, 0.15) is 11.6 Å². The third kappa shape index (κ3) is 5.08. The molecule has 0 saturated carbocycles. The molecule has 2 aromatic heterocycles. The molecule has 36 heavy (non-hydrogen) atoms. The van der Waals surface area contributed by atoms with Crippen molar-refractivity contribution in [2.24, 2.45) is 0 Å². The molecule has 8 nitrogen and oxygen atoms in total. The smallest absolute Gasteiger partial charge is 0.227 e. The minimum atomic E-state index is -1.69. The molecular formula is C27H36FN7O. The summed E-state index contributed by atoms with van der Waals surface area (Å²) >= 11 is 0. The van der Waals surface area contributed by atoms with Crippen LogP contribution in [0.15, 0.2) is 36.7 Å². The van der Waals surface area contributed by atoms with Gasteiger partial charge < -0.3 is 25.1 Å². The zero-order valence-electron chi connectivity index (χ0n) is 21.6. The van der Waals surface area contributed by atoms with Gasteiger partial charge in [-0.25, -0.2) is 14.4 Å². The Morgan fingerprint density at radius 2 is 1.83 bits per heavy atom. The fraction of sp³-hybridized carbons (Fsp3) is 0.519. The molecule has 1 aromatic carbocycles. The summed E-state index contributed by atoms with van der Waals surface area (Å²) in [5.41, 5.74) is 0.861. The molecule has 0 radical (unpaired) electrons. The van der Waals surface area contributed by atoms with Crippen molar-refractivity contribution >= 4 is 34.0 Å². The summed E-state index contributed by atoms with van der Waals surface area (Å²) in [5.74, 6) is 2.10. The molecule has 9 heteroatoms. The van der Waals surface area contributed by atoms with E-state index in [-0.39, 0.29) is 6.54 Å². The second-order valence-corrected chi connectivity index (χ2v) is 10.6. The van der Waals surface area contributed by atoms with E-state index in [4.69, 9.17) is 0 Å². The van der Waals surface area contributed by atoms with Gasteiger partial charge in [0.15, 0.2) is 5.67 Å². The second-order valence-electron chi connectivity index (χ2n) is 10.6. The Bertz CT molecular complexity index is 1230. The Hall–Kier alpha value is -3.04. The number of fused-ring (bicyclic) bond motifs is 1. The molecule has 2 atom stereocenters. The number of pyridine rings is 1. The first-order chi connectivity index (χ1) is 17.2. The van der Waals surface area contributed by atoms with Crippen LogP contribution < -0.4 is 15.1 Å². The number of aliphatic hydroxyl groups excluding tert-OH is 1. The molecule has 192 valence electrons. The van der Waals surface area contributed by atoms with E-state index in [9.17, 15) is 9.50 Å². The SMILES string of the molecule is CC(C)c1cc(N2CCN(C)CC2)cc2cnc(Nc3ccnc(N4CC[C@@H](O)[C@@](C)(F)C4)n3)cc12. The number of halogens is 1. The lowest BCUT2D eigenvalue weighted by Crippen LogP contribution is -2.52. The average Bonchev–Trinajstić information content (AvgIpc) is 2.85. The Morgan fingerprint density at radius 3 is 2.56 bits per heavy atom. The van der Waals surface area contributed by atoms with Crippen molar-refractivity contribution in [3.8, 4) is 0 Å². The number of alkyl halides is 1. The molecule has 2 N–H and O–H groups in total. The summed E-state index contributed by atoms with van der Waals surface area (Å²) < 4.78 is 14.7. The highest BCUT2D eigenvalue weighted by Gasteiger charge is 2.39. The summed E-state index contributed by atoms with van der Waals surface area (Å²) in [4.78, 5) is 20.2. The van der Waals surface area contributed by atoms with Crippen LogP contribution in [0.3, 0.4) is 0 Å². The van der Waals surface area contributed by atoms with Gasteiger partial charge in [-0.05, 0) is 61.5 Å². The van der Waals surface area contributed by atoms with Gasteiger partial charge in [0.05, 0.1) is 12.6 Å². The second kappa shape index (κ2) is 9.78. The number of hydrogen-bond acceptors (Lipinski definition) is 8. The third-order valence-electron chi connectivity index (χ3n) is 7.39. The minimum absolute atomic E-state index is 0.0548. The molecule has 4 heterocycles. The molecule has 0 bridgehead atoms. The van der Waals surface area contributed by atoms with E-state index in [1.54, 1.807) is 17.2 Å². The van der Waals surface area contributed by atoms with Gasteiger partial charge in [0.25, 0.3) is 0 Å². The number of hydrogen-bond donors (Lipinski definition) is 2. The molecule has 0 amide bonds. The van der Waals surface area contributed by atoms with Crippen LogP contribution in [-0.4, -0.2) is 83.0 Å². The van der Waals surface area contributed by atoms with Gasteiger partial charge in [0, 0.05) is 56.2 Å². The molecule has 5 rings (SSSR count). The van der Waals surface area contributed by atoms with E-state index in [0.29, 0.717) is 36.5 Å². The molecule has 3 aromatic rings. The Balaban J connectivity index is 1.40. The maximum absolute atomic E-state index is 14.7. The molecule has 2 fully saturated rings. The first-order valence-electron chi connectivity index (χ1n) is 12.8. The number of anilines is 4. The van der Waals surface area contributed by atoms with E-state index < -0.39 is 11.8 Å². The molecule has 2 aliphatic heterocycles. The van der Waals surface area contributed by atoms with Crippen LogP contribution in [0.2, 0.25) is 0 Å². The van der Waals surface area contributed by atoms with E-state index in [1.807, 2.05) is 6.20 Å². The van der Waals surface area contributed by atoms with Gasteiger partial charge in [-0.2, -0.15) is 4.98 Å². The van der Waals surface area contributed by atoms with Crippen LogP contribution in [0.1, 0.15) is 38.7 Å². The molecule has 0 spiro atoms. The van der Waals surface area contributed by atoms with Gasteiger partial charge in [-0.15, -0.1) is 0 Å². The number of nitrogens with zero attached hydrogens (tertiary/aromatic N) is 6. The minimum Gasteiger partial charge on any atom is -0.390 e. The molecule has 0 unspecified atom stereocenters. The Morgan fingerprint density at radius 1 is 1.06 bits per heavy atom. The first-order valence-corrected chi connectivity index (χ1v) is 12.8. The number of likely N-dealkylation sites (N-methyl/N-ethyl adjacent to an activating group) is 1. The van der Waals surface area contributed by atoms with Crippen molar-refractivity contribution in [2.75, 3.05) is 61.4 Å². The highest BCUT2D eigenvalue weighted by molar-refractivity contribution is 5.91. The third-order valence-corrected chi connectivity index (χ3v) is 7.39. The summed E-state index contributed by atoms with van der Waals surface area (Å²) in [6, 6.07) is 8.42. The van der Waals surface area contributed by atoms with Crippen molar-refractivity contribution in [3.05, 3.63) is 42.2 Å². The summed E-state index contributed by atoms with van der Waals surface area (Å²) in [5, 5.41) is 15.5. The van der Waals surface area contributed by atoms with E-state index in [1.165, 1.54) is 23.6 Å². The highest BCUT2D eigenvalue weighted by atomic mass is 19.1. The predicted molar refractivity (Wildman–Crippen MR) is 143 cm³/mol. The van der Waals surface area contributed by atoms with Gasteiger partial charge >= 0.3 is 0 Å². The van der Waals surface area contributed by atoms with Crippen molar-refractivity contribution in [1.29, 1.82) is 0 Å². The number of aromatic nitrogens is 3. The molecular weight excluding hydrogens is 457 g/mol. The van der Waals surface area contributed by atoms with Crippen LogP contribution in [0.25, 0.3) is 10.8 Å². The van der Waals surface area contributed by atoms with Crippen molar-refractivity contribution in [1.82, 2.24) is 19.9 Å². The molecule has 2 aliphatic rings. The van der Waals surface area contributed by atoms with Crippen LogP contribution in [0, 0.1) is 0 Å². The number of rotatable bonds is 5. The number of benzene rings is 1. The zero-order valence-corrected chi connectivity index (χ0v) is 21.6. The Labute approximate surface area is 212 Å². The zero-order chi connectivity index (χ0) is 25.4. The quantitative estimate of drug-likeness (QED) is 0.553. The maximum Gasteiger partial charge on any atom is 0.227 e. The van der Waals surface area contributed by atoms with Crippen molar-refractivity contribution < 1.29 is 9.50 Å². The Kier molecular flexibility index (Phi) is 6.70. The normalized spacial score (nSPS) is 23.5. The predicted octanol–water partition coefficient (Wildman–Crippen LogP) is 3.94. The summed E-state index contributed by atoms with van der Waals surface area (Å²) in [6.07, 6.45) is 2.96. The van der Waals surface area contributed by atoms with Crippen LogP contribution in [-0.2, 0) is 0 Å². The summed E-state index contributed by atoms with van der Waals surface area (Å²) in [7, 11) is 2.17. The summed E-state index contributed by atoms with van der Waals surface area (Å²) in [6.45, 7) is 10.6. The molecule has 0 aliphatic carbocycles. The molecule has 2 saturated heterocycles. The lowest BCUT2D eigenvalue weighted by molar-refractivity contribution is -0.00860. The fourth-order valence-electron chi connectivity index (χ4n) is 5.07. The lowest BCUT2D eigenvalue weighted by Gasteiger charge is -2.38. The average molecular weight is 494 g/mol. The monoisotopic (exact) mass is 493 g/mol. The van der Waals surface area contributed by atoms with E-state index >= 15 is 0 Å². The number of piperidine rings is 1. The fourth-order valence-corrected chi connectivity index (χ4v) is 5.07. The van der Waals surface area contributed by atoms with Gasteiger partial charge in [-0.3, -0.25) is 0 Å². The maximum atomic E-state index is 14.7. The standard InChI is InChI=1S/C27H36FN7O/c1-18(2)21-14-20(34-11-9-33(4)10-12-34)13-19-16-30-25(15-22(19)21)31-24-5-7-29-26(32-24)35-8-6-23(36)27(3,28)17-35/h5,7,13-16,18,23,36H,6,8-12,17H2,1-4H3,(H,29,30,31,32)/t23-,27+/m1/s1. The van der Waals surface area contributed by atoms with Crippen LogP contribution >= 0.6 is 0 Å². The van der Waals surface area contributed by atoms with Gasteiger partial charge in [-0.1, -0.05) is 13.8 Å². The topological polar surface area (TPSA) is 80.7 Å². The van der Waals surface area contributed by atoms with E-state index in [2.05, 4.69) is 69.2 Å². The lowest BCUT2D eigenvalue weighted by atomic mass is 9.94. The first kappa shape index (κ1) is 24.6. The van der Waals surface area contributed by atoms with Crippen molar-refractivity contribution in [2.45, 2.75) is 44.9 Å². The number of piperazine rings is 1. The van der Waals surface area contributed by atoms with Crippen LogP contribution in [0.5, 0.6) is 0 Å². The van der Waals surface area contributed by atoms with Crippen molar-refractivity contribution in [3.63, 3.8) is 0 Å². The largest absolute Gasteiger partial charge is 0.390 e. The van der Waals surface area contributed by atoms with Gasteiger partial charge in [0.2, 0.25) is 5.95 Å². The number of nitrogens with one attached hydrogen (secondary N) is 1.